The van der Waals surface area contributed by atoms with Crippen LogP contribution in [0.5, 0.6) is 5.75 Å². The number of methoxy groups -OCH3 is 1. The topological polar surface area (TPSA) is 75.4 Å². The molecule has 3 aromatic rings. The van der Waals surface area contributed by atoms with Gasteiger partial charge in [0.15, 0.2) is 5.82 Å². The number of hydrogen-bond donors (Lipinski definition) is 2. The third kappa shape index (κ3) is 5.25. The van der Waals surface area contributed by atoms with Gasteiger partial charge < -0.3 is 24.6 Å². The first-order chi connectivity index (χ1) is 17.6. The molecule has 0 saturated carbocycles. The van der Waals surface area contributed by atoms with Crippen molar-refractivity contribution >= 4 is 34.3 Å². The predicted molar refractivity (Wildman–Crippen MR) is 149 cm³/mol. The average Bonchev–Trinajstić information content (AvgIpc) is 3.28. The van der Waals surface area contributed by atoms with E-state index in [4.69, 9.17) is 14.7 Å². The smallest absolute Gasteiger partial charge is 0.154 e. The van der Waals surface area contributed by atoms with Gasteiger partial charge in [-0.1, -0.05) is 24.3 Å². The zero-order chi connectivity index (χ0) is 25.1. The number of aliphatic hydroxyl groups is 1. The molecule has 1 aromatic carbocycles. The number of hydrogen-bond acceptors (Lipinski definition) is 7. The van der Waals surface area contributed by atoms with E-state index in [9.17, 15) is 5.11 Å². The number of nitrogens with one attached hydrogen (secondary N) is 1. The van der Waals surface area contributed by atoms with Gasteiger partial charge in [-0.05, 0) is 43.2 Å². The van der Waals surface area contributed by atoms with Crippen molar-refractivity contribution < 1.29 is 9.84 Å². The number of ether oxygens (including phenoxy) is 1. The lowest BCUT2D eigenvalue weighted by atomic mass is 10.0. The Kier molecular flexibility index (Phi) is 7.53. The Morgan fingerprint density at radius 2 is 2.03 bits per heavy atom. The molecule has 190 valence electrons. The lowest BCUT2D eigenvalue weighted by Crippen LogP contribution is -2.35. The summed E-state index contributed by atoms with van der Waals surface area (Å²) in [5.74, 6) is 2.47. The van der Waals surface area contributed by atoms with Gasteiger partial charge >= 0.3 is 0 Å². The SMILES string of the molecule is COc1cc(N2CCC(O)CC2)ccc1Cc1nc(NCC2=CC=CCC2SC)c2c(ccn2C)n1. The Labute approximate surface area is 217 Å². The number of allylic oxidation sites excluding steroid dienone is 3. The summed E-state index contributed by atoms with van der Waals surface area (Å²) >= 11 is 1.89. The van der Waals surface area contributed by atoms with Gasteiger partial charge in [0, 0.05) is 61.9 Å². The first kappa shape index (κ1) is 24.7. The molecule has 36 heavy (non-hydrogen) atoms. The van der Waals surface area contributed by atoms with Crippen molar-refractivity contribution in [2.24, 2.45) is 7.05 Å². The van der Waals surface area contributed by atoms with Crippen LogP contribution < -0.4 is 15.0 Å². The first-order valence-corrected chi connectivity index (χ1v) is 13.9. The van der Waals surface area contributed by atoms with Crippen molar-refractivity contribution in [3.05, 3.63) is 65.7 Å². The van der Waals surface area contributed by atoms with E-state index in [0.717, 1.165) is 78.6 Å². The van der Waals surface area contributed by atoms with E-state index in [1.165, 1.54) is 5.57 Å². The lowest BCUT2D eigenvalue weighted by molar-refractivity contribution is 0.145. The van der Waals surface area contributed by atoms with Crippen molar-refractivity contribution in [2.75, 3.05) is 43.2 Å². The van der Waals surface area contributed by atoms with Crippen LogP contribution in [0.3, 0.4) is 0 Å². The summed E-state index contributed by atoms with van der Waals surface area (Å²) in [6.07, 6.45) is 13.9. The number of fused-ring (bicyclic) bond motifs is 1. The molecule has 1 atom stereocenters. The first-order valence-electron chi connectivity index (χ1n) is 12.6. The molecule has 0 bridgehead atoms. The van der Waals surface area contributed by atoms with Gasteiger partial charge in [-0.15, -0.1) is 0 Å². The minimum Gasteiger partial charge on any atom is -0.496 e. The summed E-state index contributed by atoms with van der Waals surface area (Å²) in [6, 6.07) is 8.40. The molecule has 1 fully saturated rings. The second-order valence-electron chi connectivity index (χ2n) is 9.52. The molecule has 2 aliphatic rings. The van der Waals surface area contributed by atoms with Gasteiger partial charge in [0.1, 0.15) is 17.1 Å². The summed E-state index contributed by atoms with van der Waals surface area (Å²) < 4.78 is 7.85. The average molecular weight is 506 g/mol. The molecule has 2 aromatic heterocycles. The van der Waals surface area contributed by atoms with E-state index < -0.39 is 0 Å². The Balaban J connectivity index is 1.39. The van der Waals surface area contributed by atoms with Crippen LogP contribution in [0.4, 0.5) is 11.5 Å². The largest absolute Gasteiger partial charge is 0.496 e. The molecule has 2 N–H and O–H groups in total. The standard InChI is InChI=1S/C28H35N5O2S/c1-32-13-12-23-27(32)28(29-18-20-6-4-5-7-25(20)36-3)31-26(30-23)16-19-8-9-21(17-24(19)35-2)33-14-10-22(34)11-15-33/h4-6,8-9,12-13,17,22,25,34H,7,10-11,14-16,18H2,1-3H3,(H,29,30,31). The van der Waals surface area contributed by atoms with Crippen molar-refractivity contribution in [3.8, 4) is 5.75 Å². The molecule has 5 rings (SSSR count). The van der Waals surface area contributed by atoms with E-state index in [1.54, 1.807) is 7.11 Å². The van der Waals surface area contributed by atoms with Crippen LogP contribution in [-0.4, -0.2) is 64.0 Å². The van der Waals surface area contributed by atoms with E-state index in [2.05, 4.69) is 57.5 Å². The number of aryl methyl sites for hydroxylation is 1. The Morgan fingerprint density at radius 3 is 2.81 bits per heavy atom. The van der Waals surface area contributed by atoms with E-state index in [1.807, 2.05) is 31.1 Å². The second kappa shape index (κ2) is 11.0. The minimum absolute atomic E-state index is 0.187. The number of aromatic nitrogens is 3. The fourth-order valence-electron chi connectivity index (χ4n) is 5.07. The molecular weight excluding hydrogens is 470 g/mol. The molecule has 7 nitrogen and oxygen atoms in total. The highest BCUT2D eigenvalue weighted by Crippen LogP contribution is 2.30. The number of anilines is 2. The highest BCUT2D eigenvalue weighted by Gasteiger charge is 2.20. The van der Waals surface area contributed by atoms with Crippen molar-refractivity contribution in [2.45, 2.75) is 37.0 Å². The van der Waals surface area contributed by atoms with Gasteiger partial charge in [-0.3, -0.25) is 0 Å². The number of aliphatic hydroxyl groups excluding tert-OH is 1. The molecule has 8 heteroatoms. The highest BCUT2D eigenvalue weighted by atomic mass is 32.2. The molecule has 0 amide bonds. The third-order valence-electron chi connectivity index (χ3n) is 7.17. The van der Waals surface area contributed by atoms with Crippen LogP contribution in [0.25, 0.3) is 11.0 Å². The summed E-state index contributed by atoms with van der Waals surface area (Å²) in [4.78, 5) is 12.2. The minimum atomic E-state index is -0.187. The van der Waals surface area contributed by atoms with Crippen LogP contribution in [0.2, 0.25) is 0 Å². The molecule has 1 aliphatic carbocycles. The van der Waals surface area contributed by atoms with Gasteiger partial charge in [-0.25, -0.2) is 9.97 Å². The van der Waals surface area contributed by atoms with Crippen molar-refractivity contribution in [1.29, 1.82) is 0 Å². The molecule has 1 aliphatic heterocycles. The van der Waals surface area contributed by atoms with Crippen LogP contribution in [0, 0.1) is 0 Å². The second-order valence-corrected chi connectivity index (χ2v) is 10.6. The summed E-state index contributed by atoms with van der Waals surface area (Å²) in [5.41, 5.74) is 5.52. The number of piperidine rings is 1. The fourth-order valence-corrected chi connectivity index (χ4v) is 5.84. The Morgan fingerprint density at radius 1 is 1.19 bits per heavy atom. The van der Waals surface area contributed by atoms with E-state index >= 15 is 0 Å². The van der Waals surface area contributed by atoms with Gasteiger partial charge in [0.05, 0.1) is 18.7 Å². The van der Waals surface area contributed by atoms with Crippen LogP contribution in [0.15, 0.2) is 54.3 Å². The van der Waals surface area contributed by atoms with E-state index in [-0.39, 0.29) is 6.10 Å². The molecule has 1 unspecified atom stereocenters. The molecular formula is C28H35N5O2S. The molecule has 1 saturated heterocycles. The van der Waals surface area contributed by atoms with Gasteiger partial charge in [0.25, 0.3) is 0 Å². The monoisotopic (exact) mass is 505 g/mol. The lowest BCUT2D eigenvalue weighted by Gasteiger charge is -2.31. The fraction of sp³-hybridized carbons (Fsp3) is 0.429. The summed E-state index contributed by atoms with van der Waals surface area (Å²) in [5, 5.41) is 14.0. The van der Waals surface area contributed by atoms with Crippen LogP contribution in [-0.2, 0) is 13.5 Å². The maximum atomic E-state index is 9.84. The zero-order valence-electron chi connectivity index (χ0n) is 21.3. The van der Waals surface area contributed by atoms with E-state index in [0.29, 0.717) is 11.7 Å². The Hall–Kier alpha value is -2.97. The normalized spacial score (nSPS) is 18.5. The Bertz CT molecular complexity index is 1280. The molecule has 0 spiro atoms. The third-order valence-corrected chi connectivity index (χ3v) is 8.23. The van der Waals surface area contributed by atoms with Gasteiger partial charge in [0.2, 0.25) is 0 Å². The maximum absolute atomic E-state index is 9.84. The summed E-state index contributed by atoms with van der Waals surface area (Å²) in [6.45, 7) is 2.47. The number of rotatable bonds is 8. The van der Waals surface area contributed by atoms with Gasteiger partial charge in [-0.2, -0.15) is 11.8 Å². The summed E-state index contributed by atoms with van der Waals surface area (Å²) in [7, 11) is 3.75. The quantitative estimate of drug-likeness (QED) is 0.465. The van der Waals surface area contributed by atoms with Crippen LogP contribution in [0.1, 0.15) is 30.7 Å². The molecule has 0 radical (unpaired) electrons. The molecule has 3 heterocycles. The zero-order valence-corrected chi connectivity index (χ0v) is 22.1. The number of benzene rings is 1. The maximum Gasteiger partial charge on any atom is 0.154 e. The predicted octanol–water partition coefficient (Wildman–Crippen LogP) is 4.56. The van der Waals surface area contributed by atoms with Crippen LogP contribution >= 0.6 is 11.8 Å². The van der Waals surface area contributed by atoms with Crippen molar-refractivity contribution in [1.82, 2.24) is 14.5 Å². The highest BCUT2D eigenvalue weighted by molar-refractivity contribution is 7.99. The van der Waals surface area contributed by atoms with Crippen molar-refractivity contribution in [3.63, 3.8) is 0 Å². The number of thioether (sulfide) groups is 1. The number of nitrogens with zero attached hydrogens (tertiary/aromatic N) is 4.